The summed E-state index contributed by atoms with van der Waals surface area (Å²) in [5.41, 5.74) is 1.63. The molecule has 0 bridgehead atoms. The summed E-state index contributed by atoms with van der Waals surface area (Å²) in [6.07, 6.45) is 2.66. The van der Waals surface area contributed by atoms with Gasteiger partial charge in [0.1, 0.15) is 0 Å². The molecular weight excluding hydrogens is 266 g/mol. The molecular formula is C13H19NO4S. The number of hydrogen-bond acceptors (Lipinski definition) is 4. The molecule has 0 aromatic heterocycles. The first-order valence-electron chi connectivity index (χ1n) is 6.21. The Morgan fingerprint density at radius 2 is 2.00 bits per heavy atom. The molecule has 0 spiro atoms. The number of nitrogens with one attached hydrogen (secondary N) is 1. The quantitative estimate of drug-likeness (QED) is 0.895. The molecule has 1 aliphatic heterocycles. The smallest absolute Gasteiger partial charge is 0.229 e. The molecule has 1 heterocycles. The number of ether oxygens (including phenoxy) is 2. The first-order valence-corrected chi connectivity index (χ1v) is 8.10. The SMILES string of the molecule is CC1(CCc2cccc(NS(C)(=O)=O)c2)OCCO1. The first kappa shape index (κ1) is 14.3. The molecule has 0 atom stereocenters. The molecule has 1 aliphatic rings. The van der Waals surface area contributed by atoms with Crippen molar-refractivity contribution < 1.29 is 17.9 Å². The summed E-state index contributed by atoms with van der Waals surface area (Å²) in [4.78, 5) is 0. The lowest BCUT2D eigenvalue weighted by Gasteiger charge is -2.22. The fourth-order valence-electron chi connectivity index (χ4n) is 2.08. The highest BCUT2D eigenvalue weighted by Crippen LogP contribution is 2.25. The molecule has 5 nitrogen and oxygen atoms in total. The Hall–Kier alpha value is -1.11. The van der Waals surface area contributed by atoms with Gasteiger partial charge in [0.05, 0.1) is 19.5 Å². The minimum absolute atomic E-state index is 0.514. The summed E-state index contributed by atoms with van der Waals surface area (Å²) >= 11 is 0. The van der Waals surface area contributed by atoms with E-state index in [0.717, 1.165) is 24.7 Å². The molecule has 2 rings (SSSR count). The number of sulfonamides is 1. The van der Waals surface area contributed by atoms with Gasteiger partial charge in [-0.3, -0.25) is 4.72 Å². The molecule has 0 aliphatic carbocycles. The fraction of sp³-hybridized carbons (Fsp3) is 0.538. The molecule has 106 valence electrons. The van der Waals surface area contributed by atoms with Gasteiger partial charge in [0.15, 0.2) is 5.79 Å². The molecule has 0 saturated carbocycles. The lowest BCUT2D eigenvalue weighted by atomic mass is 10.1. The van der Waals surface area contributed by atoms with Gasteiger partial charge in [0.2, 0.25) is 10.0 Å². The normalized spacial score (nSPS) is 18.4. The maximum atomic E-state index is 11.2. The average Bonchev–Trinajstić information content (AvgIpc) is 2.73. The summed E-state index contributed by atoms with van der Waals surface area (Å²) in [5, 5.41) is 0. The molecule has 19 heavy (non-hydrogen) atoms. The third-order valence-corrected chi connectivity index (χ3v) is 3.60. The van der Waals surface area contributed by atoms with E-state index in [-0.39, 0.29) is 0 Å². The number of aryl methyl sites for hydroxylation is 1. The lowest BCUT2D eigenvalue weighted by Crippen LogP contribution is -2.26. The van der Waals surface area contributed by atoms with Gasteiger partial charge in [-0.25, -0.2) is 8.42 Å². The van der Waals surface area contributed by atoms with Crippen molar-refractivity contribution in [3.05, 3.63) is 29.8 Å². The Labute approximate surface area is 114 Å². The summed E-state index contributed by atoms with van der Waals surface area (Å²) in [5.74, 6) is -0.514. The van der Waals surface area contributed by atoms with E-state index >= 15 is 0 Å². The van der Waals surface area contributed by atoms with E-state index in [1.54, 1.807) is 6.07 Å². The van der Waals surface area contributed by atoms with Crippen LogP contribution in [0, 0.1) is 0 Å². The molecule has 1 aromatic rings. The van der Waals surface area contributed by atoms with Gasteiger partial charge >= 0.3 is 0 Å². The lowest BCUT2D eigenvalue weighted by molar-refractivity contribution is -0.146. The van der Waals surface area contributed by atoms with Gasteiger partial charge in [0, 0.05) is 12.1 Å². The predicted octanol–water partition coefficient (Wildman–Crippen LogP) is 1.75. The van der Waals surface area contributed by atoms with Crippen molar-refractivity contribution in [3.8, 4) is 0 Å². The van der Waals surface area contributed by atoms with Gasteiger partial charge in [-0.1, -0.05) is 12.1 Å². The highest BCUT2D eigenvalue weighted by Gasteiger charge is 2.30. The van der Waals surface area contributed by atoms with Gasteiger partial charge in [0.25, 0.3) is 0 Å². The van der Waals surface area contributed by atoms with Gasteiger partial charge < -0.3 is 9.47 Å². The van der Waals surface area contributed by atoms with E-state index in [2.05, 4.69) is 4.72 Å². The number of anilines is 1. The van der Waals surface area contributed by atoms with Crippen molar-refractivity contribution in [2.24, 2.45) is 0 Å². The zero-order valence-corrected chi connectivity index (χ0v) is 12.0. The van der Waals surface area contributed by atoms with Crippen LogP contribution in [0.2, 0.25) is 0 Å². The van der Waals surface area contributed by atoms with Crippen molar-refractivity contribution in [1.29, 1.82) is 0 Å². The van der Waals surface area contributed by atoms with Crippen LogP contribution in [0.15, 0.2) is 24.3 Å². The van der Waals surface area contributed by atoms with Crippen molar-refractivity contribution in [2.75, 3.05) is 24.2 Å². The monoisotopic (exact) mass is 285 g/mol. The van der Waals surface area contributed by atoms with E-state index in [1.165, 1.54) is 0 Å². The van der Waals surface area contributed by atoms with E-state index in [9.17, 15) is 8.42 Å². The molecule has 1 saturated heterocycles. The van der Waals surface area contributed by atoms with Gasteiger partial charge in [-0.2, -0.15) is 0 Å². The van der Waals surface area contributed by atoms with Crippen LogP contribution in [0.25, 0.3) is 0 Å². The average molecular weight is 285 g/mol. The molecule has 1 fully saturated rings. The third kappa shape index (κ3) is 4.49. The molecule has 0 radical (unpaired) electrons. The Kier molecular flexibility index (Phi) is 4.13. The Morgan fingerprint density at radius 1 is 1.32 bits per heavy atom. The van der Waals surface area contributed by atoms with Crippen LogP contribution in [-0.2, 0) is 25.9 Å². The first-order chi connectivity index (χ1) is 8.86. The minimum Gasteiger partial charge on any atom is -0.348 e. The zero-order valence-electron chi connectivity index (χ0n) is 11.2. The second-order valence-electron chi connectivity index (χ2n) is 4.91. The van der Waals surface area contributed by atoms with Crippen LogP contribution in [0.1, 0.15) is 18.9 Å². The van der Waals surface area contributed by atoms with Crippen LogP contribution in [0.3, 0.4) is 0 Å². The Balaban J connectivity index is 1.99. The van der Waals surface area contributed by atoms with Crippen molar-refractivity contribution in [3.63, 3.8) is 0 Å². The standard InChI is InChI=1S/C13H19NO4S/c1-13(17-8-9-18-13)7-6-11-4-3-5-12(10-11)14-19(2,15)16/h3-5,10,14H,6-9H2,1-2H3. The number of benzene rings is 1. The topological polar surface area (TPSA) is 64.6 Å². The van der Waals surface area contributed by atoms with E-state index in [0.29, 0.717) is 18.9 Å². The van der Waals surface area contributed by atoms with E-state index < -0.39 is 15.8 Å². The van der Waals surface area contributed by atoms with Crippen molar-refractivity contribution in [2.45, 2.75) is 25.6 Å². The fourth-order valence-corrected chi connectivity index (χ4v) is 2.63. The van der Waals surface area contributed by atoms with Crippen LogP contribution >= 0.6 is 0 Å². The van der Waals surface area contributed by atoms with Crippen LogP contribution < -0.4 is 4.72 Å². The minimum atomic E-state index is -3.24. The second-order valence-corrected chi connectivity index (χ2v) is 6.65. The van der Waals surface area contributed by atoms with Crippen molar-refractivity contribution >= 4 is 15.7 Å². The molecule has 1 aromatic carbocycles. The predicted molar refractivity (Wildman–Crippen MR) is 73.5 cm³/mol. The van der Waals surface area contributed by atoms with Crippen LogP contribution in [-0.4, -0.2) is 33.7 Å². The maximum absolute atomic E-state index is 11.2. The summed E-state index contributed by atoms with van der Waals surface area (Å²) in [7, 11) is -3.24. The number of hydrogen-bond donors (Lipinski definition) is 1. The molecule has 0 unspecified atom stereocenters. The zero-order chi connectivity index (χ0) is 13.9. The number of rotatable bonds is 5. The van der Waals surface area contributed by atoms with E-state index in [1.807, 2.05) is 25.1 Å². The highest BCUT2D eigenvalue weighted by atomic mass is 32.2. The van der Waals surface area contributed by atoms with Crippen molar-refractivity contribution in [1.82, 2.24) is 0 Å². The highest BCUT2D eigenvalue weighted by molar-refractivity contribution is 7.92. The Morgan fingerprint density at radius 3 is 2.63 bits per heavy atom. The largest absolute Gasteiger partial charge is 0.348 e. The summed E-state index contributed by atoms with van der Waals surface area (Å²) in [6.45, 7) is 3.19. The Bertz CT molecular complexity index is 535. The molecule has 0 amide bonds. The van der Waals surface area contributed by atoms with Crippen LogP contribution in [0.5, 0.6) is 0 Å². The summed E-state index contributed by atoms with van der Waals surface area (Å²) < 4.78 is 35.9. The summed E-state index contributed by atoms with van der Waals surface area (Å²) in [6, 6.07) is 7.36. The van der Waals surface area contributed by atoms with Gasteiger partial charge in [-0.05, 0) is 31.0 Å². The molecule has 1 N–H and O–H groups in total. The third-order valence-electron chi connectivity index (χ3n) is 3.00. The maximum Gasteiger partial charge on any atom is 0.229 e. The van der Waals surface area contributed by atoms with Crippen LogP contribution in [0.4, 0.5) is 5.69 Å². The van der Waals surface area contributed by atoms with Gasteiger partial charge in [-0.15, -0.1) is 0 Å². The van der Waals surface area contributed by atoms with E-state index in [4.69, 9.17) is 9.47 Å². The molecule has 6 heteroatoms. The second kappa shape index (κ2) is 5.48.